The van der Waals surface area contributed by atoms with Crippen LogP contribution in [0.1, 0.15) is 26.2 Å². The minimum absolute atomic E-state index is 0.0916. The molecule has 3 aromatic carbocycles. The molecule has 0 bridgehead atoms. The first-order chi connectivity index (χ1) is 11.1. The summed E-state index contributed by atoms with van der Waals surface area (Å²) in [6, 6.07) is 17.9. The summed E-state index contributed by atoms with van der Waals surface area (Å²) in [5.41, 5.74) is 0. The van der Waals surface area contributed by atoms with Crippen molar-refractivity contribution in [2.45, 2.75) is 26.2 Å². The first-order valence-electron chi connectivity index (χ1n) is 7.76. The van der Waals surface area contributed by atoms with Crippen LogP contribution in [0, 0.1) is 0 Å². The molecule has 3 nitrogen and oxygen atoms in total. The minimum Gasteiger partial charge on any atom is -0.426 e. The quantitative estimate of drug-likeness (QED) is 0.391. The van der Waals surface area contributed by atoms with Crippen molar-refractivity contribution >= 4 is 33.3 Å². The van der Waals surface area contributed by atoms with E-state index in [0.29, 0.717) is 18.6 Å². The normalized spacial score (nSPS) is 10.8. The Labute approximate surface area is 134 Å². The molecule has 0 saturated heterocycles. The maximum atomic E-state index is 12.0. The second-order valence-corrected chi connectivity index (χ2v) is 5.67. The zero-order chi connectivity index (χ0) is 16.2. The van der Waals surface area contributed by atoms with E-state index in [2.05, 4.69) is 6.07 Å². The zero-order valence-electron chi connectivity index (χ0n) is 13.0. The fourth-order valence-corrected chi connectivity index (χ4v) is 2.76. The van der Waals surface area contributed by atoms with E-state index in [4.69, 9.17) is 4.74 Å². The van der Waals surface area contributed by atoms with Gasteiger partial charge in [-0.2, -0.15) is 0 Å². The van der Waals surface area contributed by atoms with E-state index in [1.54, 1.807) is 0 Å². The second-order valence-electron chi connectivity index (χ2n) is 5.67. The SMILES string of the molecule is CC(=O)CCCC(=O)Oc1cc2ccccc2c2ccccc12. The average molecular weight is 306 g/mol. The van der Waals surface area contributed by atoms with E-state index in [0.717, 1.165) is 21.5 Å². The molecule has 0 aliphatic heterocycles. The first-order valence-corrected chi connectivity index (χ1v) is 7.76. The minimum atomic E-state index is -0.299. The third kappa shape index (κ3) is 3.39. The lowest BCUT2D eigenvalue weighted by molar-refractivity contribution is -0.134. The third-order valence-electron chi connectivity index (χ3n) is 3.86. The number of hydrogen-bond acceptors (Lipinski definition) is 3. The van der Waals surface area contributed by atoms with E-state index in [-0.39, 0.29) is 18.2 Å². The van der Waals surface area contributed by atoms with E-state index in [1.165, 1.54) is 6.92 Å². The van der Waals surface area contributed by atoms with Crippen LogP contribution in [0.4, 0.5) is 0 Å². The Morgan fingerprint density at radius 1 is 0.870 bits per heavy atom. The van der Waals surface area contributed by atoms with Gasteiger partial charge in [0.05, 0.1) is 0 Å². The van der Waals surface area contributed by atoms with E-state index >= 15 is 0 Å². The molecule has 0 aliphatic carbocycles. The molecule has 0 atom stereocenters. The molecule has 3 aromatic rings. The van der Waals surface area contributed by atoms with Gasteiger partial charge >= 0.3 is 5.97 Å². The van der Waals surface area contributed by atoms with Crippen LogP contribution < -0.4 is 4.74 Å². The molecule has 116 valence electrons. The standard InChI is InChI=1S/C20H18O3/c1-14(21)7-6-12-20(22)23-19-13-15-8-2-3-9-16(15)17-10-4-5-11-18(17)19/h2-5,8-11,13H,6-7,12H2,1H3. The summed E-state index contributed by atoms with van der Waals surface area (Å²) in [6.45, 7) is 1.53. The predicted molar refractivity (Wildman–Crippen MR) is 91.6 cm³/mol. The van der Waals surface area contributed by atoms with Gasteiger partial charge in [-0.3, -0.25) is 4.79 Å². The van der Waals surface area contributed by atoms with E-state index in [1.807, 2.05) is 48.5 Å². The van der Waals surface area contributed by atoms with Crippen molar-refractivity contribution in [3.05, 3.63) is 54.6 Å². The van der Waals surface area contributed by atoms with Crippen LogP contribution in [0.5, 0.6) is 5.75 Å². The van der Waals surface area contributed by atoms with Crippen molar-refractivity contribution < 1.29 is 14.3 Å². The highest BCUT2D eigenvalue weighted by Crippen LogP contribution is 2.33. The number of rotatable bonds is 5. The highest BCUT2D eigenvalue weighted by atomic mass is 16.5. The zero-order valence-corrected chi connectivity index (χ0v) is 13.0. The summed E-state index contributed by atoms with van der Waals surface area (Å²) in [5, 5.41) is 4.17. The van der Waals surface area contributed by atoms with Crippen LogP contribution in [-0.4, -0.2) is 11.8 Å². The van der Waals surface area contributed by atoms with Crippen molar-refractivity contribution in [2.24, 2.45) is 0 Å². The molecule has 0 fully saturated rings. The van der Waals surface area contributed by atoms with Gasteiger partial charge in [0, 0.05) is 18.2 Å². The van der Waals surface area contributed by atoms with Crippen LogP contribution in [-0.2, 0) is 9.59 Å². The maximum absolute atomic E-state index is 12.0. The molecule has 0 amide bonds. The van der Waals surface area contributed by atoms with Crippen LogP contribution in [0.15, 0.2) is 54.6 Å². The number of carbonyl (C=O) groups excluding carboxylic acids is 2. The largest absolute Gasteiger partial charge is 0.426 e. The number of esters is 1. The highest BCUT2D eigenvalue weighted by molar-refractivity contribution is 6.10. The van der Waals surface area contributed by atoms with Crippen molar-refractivity contribution in [3.63, 3.8) is 0 Å². The summed E-state index contributed by atoms with van der Waals surface area (Å²) in [7, 11) is 0. The number of ketones is 1. The van der Waals surface area contributed by atoms with E-state index < -0.39 is 0 Å². The number of fused-ring (bicyclic) bond motifs is 3. The van der Waals surface area contributed by atoms with Gasteiger partial charge in [-0.1, -0.05) is 48.5 Å². The Bertz CT molecular complexity index is 880. The van der Waals surface area contributed by atoms with Gasteiger partial charge in [-0.15, -0.1) is 0 Å². The molecular weight excluding hydrogens is 288 g/mol. The van der Waals surface area contributed by atoms with Gasteiger partial charge in [0.1, 0.15) is 11.5 Å². The molecule has 0 unspecified atom stereocenters. The van der Waals surface area contributed by atoms with Crippen molar-refractivity contribution in [3.8, 4) is 5.75 Å². The molecule has 0 radical (unpaired) electrons. The number of ether oxygens (including phenoxy) is 1. The second kappa shape index (κ2) is 6.61. The monoisotopic (exact) mass is 306 g/mol. The smallest absolute Gasteiger partial charge is 0.311 e. The maximum Gasteiger partial charge on any atom is 0.311 e. The lowest BCUT2D eigenvalue weighted by Gasteiger charge is -2.10. The molecule has 23 heavy (non-hydrogen) atoms. The molecule has 0 aliphatic rings. The van der Waals surface area contributed by atoms with Crippen LogP contribution >= 0.6 is 0 Å². The molecule has 0 N–H and O–H groups in total. The number of Topliss-reactive ketones (excluding diaryl/α,β-unsaturated/α-hetero) is 1. The molecule has 0 saturated carbocycles. The molecule has 0 heterocycles. The third-order valence-corrected chi connectivity index (χ3v) is 3.86. The van der Waals surface area contributed by atoms with Gasteiger partial charge < -0.3 is 9.53 Å². The molecule has 0 aromatic heterocycles. The van der Waals surface area contributed by atoms with Gasteiger partial charge in [0.2, 0.25) is 0 Å². The van der Waals surface area contributed by atoms with Crippen molar-refractivity contribution in [1.82, 2.24) is 0 Å². The van der Waals surface area contributed by atoms with Crippen molar-refractivity contribution in [2.75, 3.05) is 0 Å². The summed E-state index contributed by atoms with van der Waals surface area (Å²) in [5.74, 6) is 0.368. The summed E-state index contributed by atoms with van der Waals surface area (Å²) < 4.78 is 5.57. The van der Waals surface area contributed by atoms with Crippen LogP contribution in [0.2, 0.25) is 0 Å². The number of carbonyl (C=O) groups is 2. The summed E-state index contributed by atoms with van der Waals surface area (Å²) in [6.07, 6.45) is 1.19. The number of benzene rings is 3. The van der Waals surface area contributed by atoms with Gasteiger partial charge in [-0.05, 0) is 35.6 Å². The Hall–Kier alpha value is -2.68. The Kier molecular flexibility index (Phi) is 4.38. The molecule has 3 heteroatoms. The Morgan fingerprint density at radius 3 is 2.26 bits per heavy atom. The predicted octanol–water partition coefficient (Wildman–Crippen LogP) is 4.66. The van der Waals surface area contributed by atoms with Crippen LogP contribution in [0.3, 0.4) is 0 Å². The van der Waals surface area contributed by atoms with Gasteiger partial charge in [0.25, 0.3) is 0 Å². The topological polar surface area (TPSA) is 43.4 Å². The lowest BCUT2D eigenvalue weighted by atomic mass is 10.0. The van der Waals surface area contributed by atoms with Gasteiger partial charge in [-0.25, -0.2) is 0 Å². The van der Waals surface area contributed by atoms with Crippen LogP contribution in [0.25, 0.3) is 21.5 Å². The average Bonchev–Trinajstić information content (AvgIpc) is 2.55. The first kappa shape index (κ1) is 15.2. The Morgan fingerprint density at radius 2 is 1.52 bits per heavy atom. The molecule has 0 spiro atoms. The number of hydrogen-bond donors (Lipinski definition) is 0. The summed E-state index contributed by atoms with van der Waals surface area (Å²) >= 11 is 0. The molecular formula is C20H18O3. The fraction of sp³-hybridized carbons (Fsp3) is 0.200. The molecule has 3 rings (SSSR count). The van der Waals surface area contributed by atoms with Crippen molar-refractivity contribution in [1.29, 1.82) is 0 Å². The summed E-state index contributed by atoms with van der Waals surface area (Å²) in [4.78, 5) is 23.0. The Balaban J connectivity index is 1.93. The lowest BCUT2D eigenvalue weighted by Crippen LogP contribution is -2.08. The fourth-order valence-electron chi connectivity index (χ4n) is 2.76. The van der Waals surface area contributed by atoms with Gasteiger partial charge in [0.15, 0.2) is 0 Å². The van der Waals surface area contributed by atoms with E-state index in [9.17, 15) is 9.59 Å². The highest BCUT2D eigenvalue weighted by Gasteiger charge is 2.11.